The Morgan fingerprint density at radius 2 is 2.17 bits per heavy atom. The first-order valence-electron chi connectivity index (χ1n) is 7.52. The molecular formula is C16H18N4O2S. The van der Waals surface area contributed by atoms with Crippen LogP contribution in [0.25, 0.3) is 0 Å². The third-order valence-corrected chi connectivity index (χ3v) is 4.74. The molecule has 7 heteroatoms. The summed E-state index contributed by atoms with van der Waals surface area (Å²) in [6, 6.07) is 7.43. The summed E-state index contributed by atoms with van der Waals surface area (Å²) >= 11 is 1.39. The summed E-state index contributed by atoms with van der Waals surface area (Å²) in [5, 5.41) is 11.3. The number of Topliss-reactive ketones (excluding diaryl/α,β-unsaturated/α-hetero) is 1. The van der Waals surface area contributed by atoms with E-state index in [1.165, 1.54) is 18.7 Å². The van der Waals surface area contributed by atoms with Crippen molar-refractivity contribution in [3.05, 3.63) is 36.2 Å². The normalized spacial score (nSPS) is 15.2. The minimum atomic E-state index is -0.308. The zero-order valence-corrected chi connectivity index (χ0v) is 13.8. The summed E-state index contributed by atoms with van der Waals surface area (Å²) in [6.07, 6.45) is 4.01. The van der Waals surface area contributed by atoms with E-state index in [1.807, 2.05) is 11.5 Å². The van der Waals surface area contributed by atoms with Crippen molar-refractivity contribution in [3.8, 4) is 0 Å². The Labute approximate surface area is 138 Å². The maximum Gasteiger partial charge on any atom is 0.237 e. The molecule has 1 fully saturated rings. The first-order valence-corrected chi connectivity index (χ1v) is 8.40. The fraction of sp³-hybridized carbons (Fsp3) is 0.375. The van der Waals surface area contributed by atoms with Crippen LogP contribution < -0.4 is 5.32 Å². The van der Waals surface area contributed by atoms with Crippen LogP contribution in [0, 0.1) is 0 Å². The summed E-state index contributed by atoms with van der Waals surface area (Å²) in [6.45, 7) is 3.34. The van der Waals surface area contributed by atoms with Gasteiger partial charge in [-0.1, -0.05) is 23.9 Å². The minimum absolute atomic E-state index is 0.0268. The van der Waals surface area contributed by atoms with E-state index in [-0.39, 0.29) is 16.9 Å². The zero-order chi connectivity index (χ0) is 16.4. The van der Waals surface area contributed by atoms with E-state index in [0.29, 0.717) is 17.3 Å². The average molecular weight is 330 g/mol. The van der Waals surface area contributed by atoms with Crippen LogP contribution in [0.5, 0.6) is 0 Å². The Morgan fingerprint density at radius 1 is 1.39 bits per heavy atom. The van der Waals surface area contributed by atoms with Gasteiger partial charge in [0.05, 0.1) is 5.25 Å². The van der Waals surface area contributed by atoms with Gasteiger partial charge in [0.25, 0.3) is 0 Å². The first kappa shape index (κ1) is 15.7. The van der Waals surface area contributed by atoms with Crippen molar-refractivity contribution < 1.29 is 9.59 Å². The summed E-state index contributed by atoms with van der Waals surface area (Å²) in [7, 11) is 0. The fourth-order valence-electron chi connectivity index (χ4n) is 2.19. The highest BCUT2D eigenvalue weighted by Crippen LogP contribution is 2.38. The number of carbonyl (C=O) groups excluding carboxylic acids is 2. The highest BCUT2D eigenvalue weighted by Gasteiger charge is 2.28. The lowest BCUT2D eigenvalue weighted by Gasteiger charge is -2.12. The van der Waals surface area contributed by atoms with Crippen molar-refractivity contribution in [1.82, 2.24) is 14.8 Å². The standard InChI is InChI=1S/C16H18N4O2S/c1-10(21)12-4-3-5-13(8-12)18-15(22)11(2)23-16-19-17-9-20(16)14-6-7-14/h3-5,8-9,11,14H,6-7H2,1-2H3,(H,18,22). The number of hydrogen-bond donors (Lipinski definition) is 1. The van der Waals surface area contributed by atoms with Gasteiger partial charge >= 0.3 is 0 Å². The molecule has 3 rings (SSSR count). The number of amides is 1. The molecule has 1 amide bonds. The Kier molecular flexibility index (Phi) is 4.47. The van der Waals surface area contributed by atoms with Crippen LogP contribution in [0.3, 0.4) is 0 Å². The third kappa shape index (κ3) is 3.79. The third-order valence-electron chi connectivity index (χ3n) is 3.67. The monoisotopic (exact) mass is 330 g/mol. The number of ketones is 1. The first-order chi connectivity index (χ1) is 11.0. The summed E-state index contributed by atoms with van der Waals surface area (Å²) < 4.78 is 2.03. The molecule has 120 valence electrons. The van der Waals surface area contributed by atoms with Gasteiger partial charge < -0.3 is 9.88 Å². The van der Waals surface area contributed by atoms with E-state index >= 15 is 0 Å². The van der Waals surface area contributed by atoms with Gasteiger partial charge in [0.15, 0.2) is 10.9 Å². The number of carbonyl (C=O) groups is 2. The lowest BCUT2D eigenvalue weighted by Crippen LogP contribution is -2.23. The summed E-state index contributed by atoms with van der Waals surface area (Å²) in [5.74, 6) is -0.151. The lowest BCUT2D eigenvalue weighted by atomic mass is 10.1. The molecule has 0 radical (unpaired) electrons. The number of nitrogens with zero attached hydrogens (tertiary/aromatic N) is 3. The summed E-state index contributed by atoms with van der Waals surface area (Å²) in [5.41, 5.74) is 1.20. The number of thioether (sulfide) groups is 1. The molecule has 1 aromatic heterocycles. The van der Waals surface area contributed by atoms with Gasteiger partial charge in [-0.05, 0) is 38.8 Å². The lowest BCUT2D eigenvalue weighted by molar-refractivity contribution is -0.115. The highest BCUT2D eigenvalue weighted by molar-refractivity contribution is 8.00. The molecule has 6 nitrogen and oxygen atoms in total. The van der Waals surface area contributed by atoms with Crippen molar-refractivity contribution in [2.75, 3.05) is 5.32 Å². The maximum absolute atomic E-state index is 12.3. The van der Waals surface area contributed by atoms with Crippen molar-refractivity contribution in [1.29, 1.82) is 0 Å². The van der Waals surface area contributed by atoms with E-state index in [0.717, 1.165) is 18.0 Å². The number of rotatable bonds is 6. The average Bonchev–Trinajstić information content (AvgIpc) is 3.27. The van der Waals surface area contributed by atoms with E-state index in [2.05, 4.69) is 15.5 Å². The maximum atomic E-state index is 12.3. The van der Waals surface area contributed by atoms with Gasteiger partial charge in [-0.15, -0.1) is 10.2 Å². The molecule has 0 bridgehead atoms. The number of hydrogen-bond acceptors (Lipinski definition) is 5. The van der Waals surface area contributed by atoms with Gasteiger partial charge in [0.2, 0.25) is 5.91 Å². The largest absolute Gasteiger partial charge is 0.325 e. The molecule has 1 aliphatic carbocycles. The fourth-order valence-corrected chi connectivity index (χ4v) is 3.09. The van der Waals surface area contributed by atoms with Crippen molar-refractivity contribution in [2.45, 2.75) is 43.1 Å². The van der Waals surface area contributed by atoms with Gasteiger partial charge in [-0.2, -0.15) is 0 Å². The zero-order valence-electron chi connectivity index (χ0n) is 13.0. The van der Waals surface area contributed by atoms with E-state index in [4.69, 9.17) is 0 Å². The van der Waals surface area contributed by atoms with Crippen molar-refractivity contribution in [2.24, 2.45) is 0 Å². The van der Waals surface area contributed by atoms with Gasteiger partial charge in [0.1, 0.15) is 6.33 Å². The van der Waals surface area contributed by atoms with Crippen LogP contribution in [0.1, 0.15) is 43.1 Å². The predicted octanol–water partition coefficient (Wildman–Crippen LogP) is 2.93. The van der Waals surface area contributed by atoms with Crippen molar-refractivity contribution in [3.63, 3.8) is 0 Å². The Bertz CT molecular complexity index is 739. The van der Waals surface area contributed by atoms with Gasteiger partial charge in [-0.3, -0.25) is 9.59 Å². The van der Waals surface area contributed by atoms with E-state index in [1.54, 1.807) is 30.6 Å². The number of aromatic nitrogens is 3. The van der Waals surface area contributed by atoms with Crippen LogP contribution in [0.2, 0.25) is 0 Å². The minimum Gasteiger partial charge on any atom is -0.325 e. The Morgan fingerprint density at radius 3 is 2.87 bits per heavy atom. The van der Waals surface area contributed by atoms with Crippen LogP contribution in [-0.2, 0) is 4.79 Å². The number of nitrogens with one attached hydrogen (secondary N) is 1. The molecular weight excluding hydrogens is 312 g/mol. The van der Waals surface area contributed by atoms with Crippen molar-refractivity contribution >= 4 is 29.1 Å². The smallest absolute Gasteiger partial charge is 0.237 e. The molecule has 1 aromatic carbocycles. The molecule has 23 heavy (non-hydrogen) atoms. The quantitative estimate of drug-likeness (QED) is 0.651. The van der Waals surface area contributed by atoms with Gasteiger partial charge in [-0.25, -0.2) is 0 Å². The molecule has 1 atom stereocenters. The van der Waals surface area contributed by atoms with Crippen LogP contribution in [0.4, 0.5) is 5.69 Å². The SMILES string of the molecule is CC(=O)c1cccc(NC(=O)C(C)Sc2nncn2C2CC2)c1. The molecule has 1 unspecified atom stereocenters. The van der Waals surface area contributed by atoms with Gasteiger partial charge in [0, 0.05) is 17.3 Å². The molecule has 2 aromatic rings. The molecule has 1 aliphatic rings. The molecule has 0 spiro atoms. The Hall–Kier alpha value is -2.15. The van der Waals surface area contributed by atoms with Crippen LogP contribution in [0.15, 0.2) is 35.7 Å². The number of benzene rings is 1. The number of anilines is 1. The predicted molar refractivity (Wildman–Crippen MR) is 88.7 cm³/mol. The second kappa shape index (κ2) is 6.54. The molecule has 0 aliphatic heterocycles. The Balaban J connectivity index is 1.64. The van der Waals surface area contributed by atoms with E-state index < -0.39 is 0 Å². The second-order valence-electron chi connectivity index (χ2n) is 5.64. The topological polar surface area (TPSA) is 76.9 Å². The van der Waals surface area contributed by atoms with Crippen LogP contribution >= 0.6 is 11.8 Å². The highest BCUT2D eigenvalue weighted by atomic mass is 32.2. The van der Waals surface area contributed by atoms with Crippen LogP contribution in [-0.4, -0.2) is 31.7 Å². The summed E-state index contributed by atoms with van der Waals surface area (Å²) in [4.78, 5) is 23.7. The van der Waals surface area contributed by atoms with E-state index in [9.17, 15) is 9.59 Å². The molecule has 0 saturated heterocycles. The second-order valence-corrected chi connectivity index (χ2v) is 6.95. The molecule has 1 heterocycles. The molecule has 1 N–H and O–H groups in total. The molecule has 1 saturated carbocycles.